The second-order valence-electron chi connectivity index (χ2n) is 6.32. The highest BCUT2D eigenvalue weighted by atomic mass is 79.9. The number of para-hydroxylation sites is 1. The first-order chi connectivity index (χ1) is 12.4. The van der Waals surface area contributed by atoms with E-state index in [0.29, 0.717) is 22.4 Å². The van der Waals surface area contributed by atoms with Crippen molar-refractivity contribution in [3.05, 3.63) is 61.1 Å². The summed E-state index contributed by atoms with van der Waals surface area (Å²) in [4.78, 5) is 25.8. The van der Waals surface area contributed by atoms with Crippen LogP contribution in [0.4, 0.5) is 5.69 Å². The van der Waals surface area contributed by atoms with E-state index in [4.69, 9.17) is 4.42 Å². The zero-order valence-electron chi connectivity index (χ0n) is 15.9. The van der Waals surface area contributed by atoms with Crippen molar-refractivity contribution in [1.29, 1.82) is 0 Å². The molecule has 0 atom stereocenters. The number of rotatable bonds is 7. The van der Waals surface area contributed by atoms with Crippen molar-refractivity contribution in [2.24, 2.45) is 0 Å². The predicted octanol–water partition coefficient (Wildman–Crippen LogP) is 5.43. The first-order valence-electron chi connectivity index (χ1n) is 9.18. The van der Waals surface area contributed by atoms with Gasteiger partial charge in [-0.15, -0.1) is 0 Å². The van der Waals surface area contributed by atoms with Crippen molar-refractivity contribution in [3.63, 3.8) is 0 Å². The molecule has 0 bridgehead atoms. The van der Waals surface area contributed by atoms with Crippen LogP contribution in [0.2, 0.25) is 0 Å². The standard InChI is InChI=1S/C21H26BrNO3/c1-5-8-12-16-17(20(24)18(22)13(4)26-16)21(25)23-19-14(6-2)10-9-11-15(19)7-3/h9-11H,5-8,12H2,1-4H3,(H,23,25). The van der Waals surface area contributed by atoms with E-state index >= 15 is 0 Å². The Labute approximate surface area is 163 Å². The summed E-state index contributed by atoms with van der Waals surface area (Å²) in [6.45, 7) is 7.89. The smallest absolute Gasteiger partial charge is 0.263 e. The molecule has 2 rings (SSSR count). The fraction of sp³-hybridized carbons (Fsp3) is 0.429. The Hall–Kier alpha value is -1.88. The largest absolute Gasteiger partial charge is 0.464 e. The minimum atomic E-state index is -0.402. The van der Waals surface area contributed by atoms with Crippen LogP contribution in [0.5, 0.6) is 0 Å². The zero-order valence-corrected chi connectivity index (χ0v) is 17.5. The van der Waals surface area contributed by atoms with Gasteiger partial charge in [0.15, 0.2) is 0 Å². The van der Waals surface area contributed by atoms with Gasteiger partial charge in [0.25, 0.3) is 5.91 Å². The Bertz CT molecular complexity index is 833. The lowest BCUT2D eigenvalue weighted by atomic mass is 10.0. The van der Waals surface area contributed by atoms with Crippen molar-refractivity contribution in [2.45, 2.75) is 59.8 Å². The highest BCUT2D eigenvalue weighted by molar-refractivity contribution is 9.10. The maximum atomic E-state index is 13.0. The third-order valence-electron chi connectivity index (χ3n) is 4.51. The molecule has 0 radical (unpaired) electrons. The van der Waals surface area contributed by atoms with Gasteiger partial charge in [0.2, 0.25) is 5.43 Å². The molecular formula is C21H26BrNO3. The molecule has 5 heteroatoms. The van der Waals surface area contributed by atoms with E-state index < -0.39 is 5.91 Å². The molecule has 1 aromatic heterocycles. The number of carbonyl (C=O) groups is 1. The SMILES string of the molecule is CCCCc1oc(C)c(Br)c(=O)c1C(=O)Nc1c(CC)cccc1CC. The highest BCUT2D eigenvalue weighted by Gasteiger charge is 2.23. The molecule has 0 aliphatic rings. The van der Waals surface area contributed by atoms with Crippen LogP contribution in [0, 0.1) is 6.92 Å². The van der Waals surface area contributed by atoms with E-state index in [-0.39, 0.29) is 11.0 Å². The Balaban J connectivity index is 2.51. The Morgan fingerprint density at radius 1 is 1.15 bits per heavy atom. The molecular weight excluding hydrogens is 394 g/mol. The fourth-order valence-electron chi connectivity index (χ4n) is 3.00. The van der Waals surface area contributed by atoms with E-state index in [9.17, 15) is 9.59 Å². The van der Waals surface area contributed by atoms with Gasteiger partial charge in [-0.1, -0.05) is 45.4 Å². The first kappa shape index (κ1) is 20.4. The summed E-state index contributed by atoms with van der Waals surface area (Å²) in [5, 5.41) is 2.98. The molecule has 0 spiro atoms. The van der Waals surface area contributed by atoms with Crippen LogP contribution < -0.4 is 10.7 Å². The second-order valence-corrected chi connectivity index (χ2v) is 7.11. The molecule has 0 saturated heterocycles. The number of unbranched alkanes of at least 4 members (excludes halogenated alkanes) is 1. The molecule has 26 heavy (non-hydrogen) atoms. The van der Waals surface area contributed by atoms with Crippen LogP contribution in [-0.2, 0) is 19.3 Å². The number of carbonyl (C=O) groups excluding carboxylic acids is 1. The summed E-state index contributed by atoms with van der Waals surface area (Å²) in [7, 11) is 0. The van der Waals surface area contributed by atoms with E-state index in [1.807, 2.05) is 32.0 Å². The average Bonchev–Trinajstić information content (AvgIpc) is 2.64. The number of benzene rings is 1. The molecule has 0 fully saturated rings. The number of hydrogen-bond acceptors (Lipinski definition) is 3. The molecule has 0 aliphatic heterocycles. The van der Waals surface area contributed by atoms with Crippen LogP contribution in [0.3, 0.4) is 0 Å². The van der Waals surface area contributed by atoms with Gasteiger partial charge in [-0.25, -0.2) is 0 Å². The van der Waals surface area contributed by atoms with Crippen LogP contribution >= 0.6 is 15.9 Å². The molecule has 1 N–H and O–H groups in total. The number of nitrogens with one attached hydrogen (secondary N) is 1. The van der Waals surface area contributed by atoms with Crippen molar-refractivity contribution < 1.29 is 9.21 Å². The summed E-state index contributed by atoms with van der Waals surface area (Å²) in [5.74, 6) is 0.559. The maximum absolute atomic E-state index is 13.0. The third kappa shape index (κ3) is 4.26. The first-order valence-corrected chi connectivity index (χ1v) is 9.97. The monoisotopic (exact) mass is 419 g/mol. The molecule has 0 saturated carbocycles. The number of halogens is 1. The molecule has 4 nitrogen and oxygen atoms in total. The van der Waals surface area contributed by atoms with E-state index in [1.165, 1.54) is 0 Å². The minimum absolute atomic E-state index is 0.101. The summed E-state index contributed by atoms with van der Waals surface area (Å²) in [5.41, 5.74) is 2.71. The van der Waals surface area contributed by atoms with Gasteiger partial charge >= 0.3 is 0 Å². The van der Waals surface area contributed by atoms with Gasteiger partial charge < -0.3 is 9.73 Å². The second kappa shape index (κ2) is 9.17. The molecule has 2 aromatic rings. The van der Waals surface area contributed by atoms with E-state index in [2.05, 4.69) is 28.2 Å². The third-order valence-corrected chi connectivity index (χ3v) is 5.43. The van der Waals surface area contributed by atoms with Gasteiger partial charge in [-0.2, -0.15) is 0 Å². The van der Waals surface area contributed by atoms with Crippen molar-refractivity contribution in [2.75, 3.05) is 5.32 Å². The summed E-state index contributed by atoms with van der Waals surface area (Å²) in [6, 6.07) is 6.00. The lowest BCUT2D eigenvalue weighted by molar-refractivity contribution is 0.102. The summed E-state index contributed by atoms with van der Waals surface area (Å²) >= 11 is 3.26. The lowest BCUT2D eigenvalue weighted by Crippen LogP contribution is -2.26. The van der Waals surface area contributed by atoms with Gasteiger partial charge in [0.1, 0.15) is 21.6 Å². The molecule has 1 aromatic carbocycles. The van der Waals surface area contributed by atoms with E-state index in [1.54, 1.807) is 6.92 Å². The summed E-state index contributed by atoms with van der Waals surface area (Å²) in [6.07, 6.45) is 3.99. The quantitative estimate of drug-likeness (QED) is 0.650. The molecule has 0 unspecified atom stereocenters. The van der Waals surface area contributed by atoms with Crippen molar-refractivity contribution in [1.82, 2.24) is 0 Å². The number of hydrogen-bond donors (Lipinski definition) is 1. The number of aryl methyl sites for hydroxylation is 4. The molecule has 1 heterocycles. The van der Waals surface area contributed by atoms with Crippen molar-refractivity contribution in [3.8, 4) is 0 Å². The molecule has 140 valence electrons. The Kier molecular flexibility index (Phi) is 7.21. The molecule has 0 aliphatic carbocycles. The van der Waals surface area contributed by atoms with Crippen LogP contribution in [0.25, 0.3) is 0 Å². The predicted molar refractivity (Wildman–Crippen MR) is 109 cm³/mol. The topological polar surface area (TPSA) is 59.3 Å². The van der Waals surface area contributed by atoms with Gasteiger partial charge in [0, 0.05) is 12.1 Å². The van der Waals surface area contributed by atoms with Gasteiger partial charge in [-0.05, 0) is 53.2 Å². The normalized spacial score (nSPS) is 10.8. The minimum Gasteiger partial charge on any atom is -0.464 e. The van der Waals surface area contributed by atoms with E-state index in [0.717, 1.165) is 42.5 Å². The maximum Gasteiger partial charge on any atom is 0.263 e. The number of amides is 1. The highest BCUT2D eigenvalue weighted by Crippen LogP contribution is 2.25. The van der Waals surface area contributed by atoms with Crippen LogP contribution in [0.1, 0.15) is 66.6 Å². The van der Waals surface area contributed by atoms with Crippen molar-refractivity contribution >= 4 is 27.5 Å². The zero-order chi connectivity index (χ0) is 19.3. The average molecular weight is 420 g/mol. The summed E-state index contributed by atoms with van der Waals surface area (Å²) < 4.78 is 6.09. The van der Waals surface area contributed by atoms with Crippen LogP contribution in [0.15, 0.2) is 31.9 Å². The van der Waals surface area contributed by atoms with Crippen LogP contribution in [-0.4, -0.2) is 5.91 Å². The Morgan fingerprint density at radius 2 is 1.77 bits per heavy atom. The number of anilines is 1. The fourth-order valence-corrected chi connectivity index (χ4v) is 3.28. The lowest BCUT2D eigenvalue weighted by Gasteiger charge is -2.16. The van der Waals surface area contributed by atoms with Gasteiger partial charge in [-0.3, -0.25) is 9.59 Å². The Morgan fingerprint density at radius 3 is 2.31 bits per heavy atom. The van der Waals surface area contributed by atoms with Gasteiger partial charge in [0.05, 0.1) is 0 Å². The molecule has 1 amide bonds.